The minimum Gasteiger partial charge on any atom is -0.413 e. The fourth-order valence-electron chi connectivity index (χ4n) is 3.84. The molecule has 0 aromatic heterocycles. The summed E-state index contributed by atoms with van der Waals surface area (Å²) in [5, 5.41) is 0. The van der Waals surface area contributed by atoms with E-state index in [-0.39, 0.29) is 6.10 Å². The van der Waals surface area contributed by atoms with Crippen molar-refractivity contribution in [3.05, 3.63) is 144 Å². The molecule has 0 aliphatic heterocycles. The fourth-order valence-corrected chi connectivity index (χ4v) is 5.50. The SMILES string of the molecule is c1ccc(C(C[SiH2]OC(c2ccccc2)c2ccccc2)c2ccccc2)cc1. The molecule has 0 heterocycles. The summed E-state index contributed by atoms with van der Waals surface area (Å²) in [6.07, 6.45) is 0.0104. The highest BCUT2D eigenvalue weighted by atomic mass is 28.2. The quantitative estimate of drug-likeness (QED) is 0.327. The third-order valence-electron chi connectivity index (χ3n) is 5.30. The van der Waals surface area contributed by atoms with Crippen LogP contribution in [0.4, 0.5) is 0 Å². The van der Waals surface area contributed by atoms with E-state index in [0.29, 0.717) is 5.92 Å². The van der Waals surface area contributed by atoms with Crippen LogP contribution in [0.25, 0.3) is 0 Å². The lowest BCUT2D eigenvalue weighted by molar-refractivity contribution is 0.260. The van der Waals surface area contributed by atoms with Crippen LogP contribution in [0.15, 0.2) is 121 Å². The molecule has 0 saturated carbocycles. The van der Waals surface area contributed by atoms with Gasteiger partial charge in [-0.25, -0.2) is 0 Å². The van der Waals surface area contributed by atoms with Crippen LogP contribution in [0.3, 0.4) is 0 Å². The number of rotatable bonds is 8. The van der Waals surface area contributed by atoms with Crippen LogP contribution < -0.4 is 0 Å². The zero-order valence-corrected chi connectivity index (χ0v) is 17.9. The second kappa shape index (κ2) is 10.0. The molecule has 4 aromatic carbocycles. The second-order valence-electron chi connectivity index (χ2n) is 7.23. The summed E-state index contributed by atoms with van der Waals surface area (Å²) in [4.78, 5) is 0. The standard InChI is InChI=1S/C27H26OSi/c1-5-13-22(14-6-1)26(23-15-7-2-8-16-23)21-29-28-27(24-17-9-3-10-18-24)25-19-11-4-12-20-25/h1-20,26-27H,21,29H2. The summed E-state index contributed by atoms with van der Waals surface area (Å²) in [6.45, 7) is 0. The first-order valence-electron chi connectivity index (χ1n) is 10.2. The maximum atomic E-state index is 6.63. The van der Waals surface area contributed by atoms with Gasteiger partial charge in [0.25, 0.3) is 0 Å². The number of benzene rings is 4. The van der Waals surface area contributed by atoms with E-state index in [9.17, 15) is 0 Å². The van der Waals surface area contributed by atoms with E-state index in [1.54, 1.807) is 0 Å². The highest BCUT2D eigenvalue weighted by Crippen LogP contribution is 2.30. The minimum atomic E-state index is -0.759. The van der Waals surface area contributed by atoms with Gasteiger partial charge in [-0.05, 0) is 28.3 Å². The average Bonchev–Trinajstić information content (AvgIpc) is 2.81. The Balaban J connectivity index is 1.53. The first kappa shape index (κ1) is 19.4. The minimum absolute atomic E-state index is 0.0104. The topological polar surface area (TPSA) is 9.23 Å². The molecule has 0 radical (unpaired) electrons. The molecule has 4 rings (SSSR count). The third kappa shape index (κ3) is 5.11. The van der Waals surface area contributed by atoms with Crippen molar-refractivity contribution < 1.29 is 4.43 Å². The fraction of sp³-hybridized carbons (Fsp3) is 0.111. The molecule has 29 heavy (non-hydrogen) atoms. The van der Waals surface area contributed by atoms with Crippen molar-refractivity contribution in [2.75, 3.05) is 0 Å². The van der Waals surface area contributed by atoms with Gasteiger partial charge in [-0.2, -0.15) is 0 Å². The zero-order valence-electron chi connectivity index (χ0n) is 16.5. The summed E-state index contributed by atoms with van der Waals surface area (Å²) in [5.74, 6) is 0.385. The molecular formula is C27H26OSi. The van der Waals surface area contributed by atoms with Gasteiger partial charge in [0.15, 0.2) is 9.76 Å². The van der Waals surface area contributed by atoms with Crippen molar-refractivity contribution in [3.8, 4) is 0 Å². The Morgan fingerprint density at radius 2 is 0.828 bits per heavy atom. The van der Waals surface area contributed by atoms with Gasteiger partial charge in [0.2, 0.25) is 0 Å². The predicted octanol–water partition coefficient (Wildman–Crippen LogP) is 6.13. The molecule has 0 N–H and O–H groups in total. The van der Waals surface area contributed by atoms with Crippen molar-refractivity contribution in [2.45, 2.75) is 18.1 Å². The van der Waals surface area contributed by atoms with E-state index in [1.807, 2.05) is 0 Å². The van der Waals surface area contributed by atoms with Gasteiger partial charge in [-0.15, -0.1) is 0 Å². The largest absolute Gasteiger partial charge is 0.413 e. The zero-order chi connectivity index (χ0) is 19.7. The first-order chi connectivity index (χ1) is 14.4. The van der Waals surface area contributed by atoms with Crippen LogP contribution >= 0.6 is 0 Å². The van der Waals surface area contributed by atoms with Gasteiger partial charge in [0.05, 0.1) is 6.10 Å². The van der Waals surface area contributed by atoms with E-state index in [1.165, 1.54) is 22.3 Å². The molecule has 144 valence electrons. The summed E-state index contributed by atoms with van der Waals surface area (Å²) in [7, 11) is -0.759. The summed E-state index contributed by atoms with van der Waals surface area (Å²) < 4.78 is 6.63. The lowest BCUT2D eigenvalue weighted by atomic mass is 9.93. The Bertz CT molecular complexity index is 810. The van der Waals surface area contributed by atoms with Crippen LogP contribution in [0.5, 0.6) is 0 Å². The average molecular weight is 395 g/mol. The van der Waals surface area contributed by atoms with E-state index in [0.717, 1.165) is 6.04 Å². The van der Waals surface area contributed by atoms with Gasteiger partial charge in [-0.3, -0.25) is 0 Å². The van der Waals surface area contributed by atoms with Gasteiger partial charge < -0.3 is 4.43 Å². The van der Waals surface area contributed by atoms with Crippen molar-refractivity contribution >= 4 is 9.76 Å². The van der Waals surface area contributed by atoms with E-state index < -0.39 is 9.76 Å². The Morgan fingerprint density at radius 3 is 1.21 bits per heavy atom. The number of hydrogen-bond acceptors (Lipinski definition) is 1. The van der Waals surface area contributed by atoms with Crippen molar-refractivity contribution in [1.82, 2.24) is 0 Å². The Morgan fingerprint density at radius 1 is 0.483 bits per heavy atom. The van der Waals surface area contributed by atoms with Crippen LogP contribution in [0.2, 0.25) is 6.04 Å². The van der Waals surface area contributed by atoms with Crippen molar-refractivity contribution in [3.63, 3.8) is 0 Å². The molecule has 0 unspecified atom stereocenters. The lowest BCUT2D eigenvalue weighted by Crippen LogP contribution is -2.13. The summed E-state index contributed by atoms with van der Waals surface area (Å²) in [6, 6.07) is 43.8. The van der Waals surface area contributed by atoms with Gasteiger partial charge >= 0.3 is 0 Å². The van der Waals surface area contributed by atoms with Crippen LogP contribution in [-0.2, 0) is 4.43 Å². The predicted molar refractivity (Wildman–Crippen MR) is 124 cm³/mol. The van der Waals surface area contributed by atoms with Crippen molar-refractivity contribution in [1.29, 1.82) is 0 Å². The van der Waals surface area contributed by atoms with E-state index >= 15 is 0 Å². The Labute approximate surface area is 176 Å². The highest BCUT2D eigenvalue weighted by molar-refractivity contribution is 6.27. The van der Waals surface area contributed by atoms with Crippen LogP contribution in [0, 0.1) is 0 Å². The first-order valence-corrected chi connectivity index (χ1v) is 11.8. The molecule has 2 heteroatoms. The smallest absolute Gasteiger partial charge is 0.163 e. The second-order valence-corrected chi connectivity index (χ2v) is 8.55. The molecule has 4 aromatic rings. The van der Waals surface area contributed by atoms with Gasteiger partial charge in [-0.1, -0.05) is 121 Å². The summed E-state index contributed by atoms with van der Waals surface area (Å²) in [5.41, 5.74) is 5.18. The van der Waals surface area contributed by atoms with Crippen LogP contribution in [-0.4, -0.2) is 9.76 Å². The Hall–Kier alpha value is -2.94. The van der Waals surface area contributed by atoms with Crippen molar-refractivity contribution in [2.24, 2.45) is 0 Å². The monoisotopic (exact) mass is 394 g/mol. The van der Waals surface area contributed by atoms with Gasteiger partial charge in [0.1, 0.15) is 0 Å². The number of hydrogen-bond donors (Lipinski definition) is 0. The molecule has 0 fully saturated rings. The Kier molecular flexibility index (Phi) is 6.69. The summed E-state index contributed by atoms with van der Waals surface area (Å²) >= 11 is 0. The molecule has 0 aliphatic carbocycles. The lowest BCUT2D eigenvalue weighted by Gasteiger charge is -2.22. The van der Waals surface area contributed by atoms with Crippen LogP contribution in [0.1, 0.15) is 34.3 Å². The van der Waals surface area contributed by atoms with E-state index in [4.69, 9.17) is 4.43 Å². The molecule has 1 nitrogen and oxygen atoms in total. The van der Waals surface area contributed by atoms with E-state index in [2.05, 4.69) is 121 Å². The molecule has 0 bridgehead atoms. The van der Waals surface area contributed by atoms with Gasteiger partial charge in [0, 0.05) is 5.92 Å². The molecule has 0 saturated heterocycles. The highest BCUT2D eigenvalue weighted by Gasteiger charge is 2.18. The third-order valence-corrected chi connectivity index (χ3v) is 6.68. The molecular weight excluding hydrogens is 368 g/mol. The molecule has 0 atom stereocenters. The molecule has 0 amide bonds. The molecule has 0 aliphatic rings. The maximum absolute atomic E-state index is 6.63. The molecule has 0 spiro atoms. The normalized spacial score (nSPS) is 11.5. The maximum Gasteiger partial charge on any atom is 0.163 e.